The van der Waals surface area contributed by atoms with E-state index in [2.05, 4.69) is 0 Å². The fourth-order valence-electron chi connectivity index (χ4n) is 3.81. The predicted octanol–water partition coefficient (Wildman–Crippen LogP) is 4.07. The first kappa shape index (κ1) is 18.2. The summed E-state index contributed by atoms with van der Waals surface area (Å²) in [7, 11) is 0. The number of rotatable bonds is 3. The van der Waals surface area contributed by atoms with E-state index in [1.165, 1.54) is 12.1 Å². The summed E-state index contributed by atoms with van der Waals surface area (Å²) in [5.41, 5.74) is 0.790. The predicted molar refractivity (Wildman–Crippen MR) is 104 cm³/mol. The molecule has 0 aromatic heterocycles. The van der Waals surface area contributed by atoms with Gasteiger partial charge in [0, 0.05) is 28.6 Å². The number of nitro groups is 2. The van der Waals surface area contributed by atoms with E-state index >= 15 is 0 Å². The van der Waals surface area contributed by atoms with Crippen LogP contribution in [-0.4, -0.2) is 21.7 Å². The average molecular weight is 391 g/mol. The Kier molecular flexibility index (Phi) is 3.90. The first-order valence-electron chi connectivity index (χ1n) is 8.57. The number of para-hydroxylation sites is 1. The number of benzene rings is 3. The van der Waals surface area contributed by atoms with E-state index in [1.54, 1.807) is 32.0 Å². The molecule has 2 amide bonds. The van der Waals surface area contributed by atoms with Gasteiger partial charge in [0.05, 0.1) is 15.5 Å². The van der Waals surface area contributed by atoms with Gasteiger partial charge in [-0.15, -0.1) is 0 Å². The lowest BCUT2D eigenvalue weighted by Gasteiger charge is -2.29. The lowest BCUT2D eigenvalue weighted by molar-refractivity contribution is -0.390. The molecular weight excluding hydrogens is 378 g/mol. The molecule has 3 aromatic carbocycles. The third-order valence-electron chi connectivity index (χ3n) is 5.04. The highest BCUT2D eigenvalue weighted by molar-refractivity contribution is 6.37. The largest absolute Gasteiger partial charge is 0.284 e. The van der Waals surface area contributed by atoms with Crippen molar-refractivity contribution in [3.63, 3.8) is 0 Å². The zero-order valence-electron chi connectivity index (χ0n) is 15.3. The van der Waals surface area contributed by atoms with Crippen LogP contribution in [0.3, 0.4) is 0 Å². The second-order valence-electron chi connectivity index (χ2n) is 6.71. The highest BCUT2D eigenvalue weighted by Crippen LogP contribution is 2.42. The molecule has 0 aliphatic carbocycles. The zero-order chi connectivity index (χ0) is 21.0. The standard InChI is InChI=1S/C20H13N3O6/c1-10-4-3-5-11(2)18(10)21-19(24)12-6-8-14(22(26)27)17-15(23(28)29)9-7-13(16(12)17)20(21)25/h3-9H,1-2H3. The molecule has 9 nitrogen and oxygen atoms in total. The summed E-state index contributed by atoms with van der Waals surface area (Å²) < 4.78 is 0. The molecule has 1 aliphatic heterocycles. The summed E-state index contributed by atoms with van der Waals surface area (Å²) in [6.45, 7) is 3.53. The number of anilines is 1. The Morgan fingerprint density at radius 3 is 1.59 bits per heavy atom. The summed E-state index contributed by atoms with van der Waals surface area (Å²) >= 11 is 0. The molecule has 144 valence electrons. The molecule has 0 radical (unpaired) electrons. The molecule has 0 fully saturated rings. The first-order valence-corrected chi connectivity index (χ1v) is 8.57. The van der Waals surface area contributed by atoms with Gasteiger partial charge in [-0.25, -0.2) is 4.90 Å². The van der Waals surface area contributed by atoms with Crippen molar-refractivity contribution in [3.05, 3.63) is 84.9 Å². The second kappa shape index (κ2) is 6.20. The van der Waals surface area contributed by atoms with E-state index in [-0.39, 0.29) is 21.9 Å². The summed E-state index contributed by atoms with van der Waals surface area (Å²) in [6.07, 6.45) is 0. The molecule has 1 aliphatic rings. The Morgan fingerprint density at radius 2 is 1.17 bits per heavy atom. The van der Waals surface area contributed by atoms with Crippen molar-refractivity contribution < 1.29 is 19.4 Å². The Labute approximate surface area is 163 Å². The SMILES string of the molecule is Cc1cccc(C)c1N1C(=O)c2ccc([N+](=O)[O-])c3c([N+](=O)[O-])ccc(c23)C1=O. The van der Waals surface area contributed by atoms with Gasteiger partial charge in [-0.3, -0.25) is 29.8 Å². The zero-order valence-corrected chi connectivity index (χ0v) is 15.3. The summed E-state index contributed by atoms with van der Waals surface area (Å²) in [5, 5.41) is 22.5. The quantitative estimate of drug-likeness (QED) is 0.376. The maximum absolute atomic E-state index is 13.2. The van der Waals surface area contributed by atoms with Gasteiger partial charge in [-0.1, -0.05) is 18.2 Å². The van der Waals surface area contributed by atoms with Crippen LogP contribution < -0.4 is 4.90 Å². The van der Waals surface area contributed by atoms with E-state index in [9.17, 15) is 29.8 Å². The van der Waals surface area contributed by atoms with Crippen molar-refractivity contribution in [3.8, 4) is 0 Å². The van der Waals surface area contributed by atoms with E-state index in [4.69, 9.17) is 0 Å². The molecule has 0 saturated carbocycles. The molecule has 0 spiro atoms. The molecule has 0 saturated heterocycles. The van der Waals surface area contributed by atoms with Crippen LogP contribution in [0.5, 0.6) is 0 Å². The van der Waals surface area contributed by atoms with Gasteiger partial charge in [0.25, 0.3) is 23.2 Å². The number of imide groups is 1. The molecule has 3 aromatic rings. The number of nitro benzene ring substituents is 2. The van der Waals surface area contributed by atoms with Crippen LogP contribution in [0.4, 0.5) is 17.1 Å². The van der Waals surface area contributed by atoms with Crippen LogP contribution in [0.2, 0.25) is 0 Å². The van der Waals surface area contributed by atoms with E-state index in [0.29, 0.717) is 16.8 Å². The molecule has 0 N–H and O–H groups in total. The molecular formula is C20H13N3O6. The van der Waals surface area contributed by atoms with Gasteiger partial charge >= 0.3 is 0 Å². The first-order chi connectivity index (χ1) is 13.7. The second-order valence-corrected chi connectivity index (χ2v) is 6.71. The Balaban J connectivity index is 2.10. The fraction of sp³-hybridized carbons (Fsp3) is 0.100. The van der Waals surface area contributed by atoms with Gasteiger partial charge in [-0.05, 0) is 37.1 Å². The Bertz CT molecular complexity index is 1190. The maximum Gasteiger partial charge on any atom is 0.284 e. The van der Waals surface area contributed by atoms with Crippen LogP contribution >= 0.6 is 0 Å². The maximum atomic E-state index is 13.2. The van der Waals surface area contributed by atoms with Gasteiger partial charge in [-0.2, -0.15) is 0 Å². The summed E-state index contributed by atoms with van der Waals surface area (Å²) in [4.78, 5) is 48.9. The van der Waals surface area contributed by atoms with E-state index < -0.39 is 33.0 Å². The molecule has 4 rings (SSSR count). The molecule has 29 heavy (non-hydrogen) atoms. The summed E-state index contributed by atoms with van der Waals surface area (Å²) in [5.74, 6) is -1.36. The minimum absolute atomic E-state index is 0.00607. The summed E-state index contributed by atoms with van der Waals surface area (Å²) in [6, 6.07) is 9.93. The normalized spacial score (nSPS) is 13.1. The molecule has 0 bridgehead atoms. The number of carbonyl (C=O) groups is 2. The van der Waals surface area contributed by atoms with E-state index in [0.717, 1.165) is 17.0 Å². The third-order valence-corrected chi connectivity index (χ3v) is 5.04. The van der Waals surface area contributed by atoms with Crippen molar-refractivity contribution in [1.29, 1.82) is 0 Å². The number of hydrogen-bond acceptors (Lipinski definition) is 6. The minimum Gasteiger partial charge on any atom is -0.268 e. The smallest absolute Gasteiger partial charge is 0.268 e. The van der Waals surface area contributed by atoms with Crippen molar-refractivity contribution in [2.45, 2.75) is 13.8 Å². The molecule has 9 heteroatoms. The lowest BCUT2D eigenvalue weighted by atomic mass is 9.91. The van der Waals surface area contributed by atoms with Crippen LogP contribution in [0.25, 0.3) is 10.8 Å². The number of nitrogens with zero attached hydrogens (tertiary/aromatic N) is 3. The number of amides is 2. The average Bonchev–Trinajstić information content (AvgIpc) is 2.67. The van der Waals surface area contributed by atoms with Crippen molar-refractivity contribution in [2.24, 2.45) is 0 Å². The minimum atomic E-state index is -0.761. The van der Waals surface area contributed by atoms with Crippen molar-refractivity contribution >= 4 is 39.6 Å². The van der Waals surface area contributed by atoms with Gasteiger partial charge in [0.15, 0.2) is 0 Å². The molecule has 1 heterocycles. The number of carbonyl (C=O) groups excluding carboxylic acids is 2. The Morgan fingerprint density at radius 1 is 0.724 bits per heavy atom. The topological polar surface area (TPSA) is 124 Å². The van der Waals surface area contributed by atoms with Crippen LogP contribution in [0.1, 0.15) is 31.8 Å². The fourth-order valence-corrected chi connectivity index (χ4v) is 3.81. The van der Waals surface area contributed by atoms with Crippen molar-refractivity contribution in [2.75, 3.05) is 4.90 Å². The van der Waals surface area contributed by atoms with Crippen LogP contribution in [-0.2, 0) is 0 Å². The highest BCUT2D eigenvalue weighted by atomic mass is 16.6. The van der Waals surface area contributed by atoms with Gasteiger partial charge in [0.1, 0.15) is 5.39 Å². The van der Waals surface area contributed by atoms with Gasteiger partial charge < -0.3 is 0 Å². The molecule has 0 unspecified atom stereocenters. The molecule has 0 atom stereocenters. The van der Waals surface area contributed by atoms with Crippen LogP contribution in [0, 0.1) is 34.1 Å². The monoisotopic (exact) mass is 391 g/mol. The third kappa shape index (κ3) is 2.48. The highest BCUT2D eigenvalue weighted by Gasteiger charge is 2.39. The number of hydrogen-bond donors (Lipinski definition) is 0. The van der Waals surface area contributed by atoms with Crippen LogP contribution in [0.15, 0.2) is 42.5 Å². The van der Waals surface area contributed by atoms with Gasteiger partial charge in [0.2, 0.25) is 0 Å². The Hall–Kier alpha value is -4.14. The lowest BCUT2D eigenvalue weighted by Crippen LogP contribution is -2.41. The number of aryl methyl sites for hydroxylation is 2. The number of non-ortho nitro benzene ring substituents is 2. The van der Waals surface area contributed by atoms with Crippen molar-refractivity contribution in [1.82, 2.24) is 0 Å². The van der Waals surface area contributed by atoms with E-state index in [1.807, 2.05) is 0 Å².